The van der Waals surface area contributed by atoms with Crippen molar-refractivity contribution in [2.75, 3.05) is 12.0 Å². The van der Waals surface area contributed by atoms with Crippen molar-refractivity contribution in [3.8, 4) is 0 Å². The second-order valence-electron chi connectivity index (χ2n) is 7.93. The van der Waals surface area contributed by atoms with Gasteiger partial charge in [0.1, 0.15) is 24.2 Å². The van der Waals surface area contributed by atoms with Gasteiger partial charge in [-0.25, -0.2) is 4.79 Å². The number of aliphatic hydroxyl groups excluding tert-OH is 2. The number of nitrogens with one attached hydrogen (secondary N) is 3. The molecule has 1 aromatic rings. The highest BCUT2D eigenvalue weighted by molar-refractivity contribution is 7.98. The third-order valence-electron chi connectivity index (χ3n) is 5.03. The molecule has 0 heterocycles. The number of thioether (sulfide) groups is 1. The van der Waals surface area contributed by atoms with Crippen LogP contribution in [0.5, 0.6) is 0 Å². The first-order valence-electron chi connectivity index (χ1n) is 10.8. The second-order valence-corrected chi connectivity index (χ2v) is 8.91. The summed E-state index contributed by atoms with van der Waals surface area (Å²) in [4.78, 5) is 49.7. The molecule has 0 aliphatic carbocycles. The van der Waals surface area contributed by atoms with Crippen LogP contribution in [0.3, 0.4) is 0 Å². The molecule has 0 spiro atoms. The lowest BCUT2D eigenvalue weighted by Crippen LogP contribution is -2.61. The number of nitrogens with two attached hydrogens (primary N) is 1. The van der Waals surface area contributed by atoms with E-state index in [1.54, 1.807) is 30.3 Å². The van der Waals surface area contributed by atoms with E-state index < -0.39 is 60.1 Å². The highest BCUT2D eigenvalue weighted by Gasteiger charge is 2.33. The zero-order chi connectivity index (χ0) is 25.8. The largest absolute Gasteiger partial charge is 0.480 e. The molecule has 0 saturated carbocycles. The second kappa shape index (κ2) is 14.6. The SMILES string of the molecule is CSCCC(NC(=O)C(Cc1ccccc1)NC(=O)C(NC(=O)C(N)C(C)O)C(C)O)C(=O)O. The van der Waals surface area contributed by atoms with E-state index in [0.717, 1.165) is 0 Å². The molecule has 6 unspecified atom stereocenters. The van der Waals surface area contributed by atoms with Crippen LogP contribution >= 0.6 is 11.8 Å². The topological polar surface area (TPSA) is 191 Å². The molecular formula is C22H34N4O7S. The zero-order valence-corrected chi connectivity index (χ0v) is 20.2. The lowest BCUT2D eigenvalue weighted by molar-refractivity contribution is -0.142. The third-order valence-corrected chi connectivity index (χ3v) is 5.67. The van der Waals surface area contributed by atoms with Crippen molar-refractivity contribution < 1.29 is 34.5 Å². The number of hydrogen-bond acceptors (Lipinski definition) is 8. The van der Waals surface area contributed by atoms with Gasteiger partial charge in [-0.05, 0) is 37.8 Å². The number of amides is 3. The van der Waals surface area contributed by atoms with Gasteiger partial charge in [-0.1, -0.05) is 30.3 Å². The van der Waals surface area contributed by atoms with Crippen molar-refractivity contribution in [1.29, 1.82) is 0 Å². The van der Waals surface area contributed by atoms with Crippen LogP contribution in [0.2, 0.25) is 0 Å². The number of carboxylic acid groups (broad SMARTS) is 1. The molecule has 12 heteroatoms. The molecule has 0 radical (unpaired) electrons. The van der Waals surface area contributed by atoms with Gasteiger partial charge in [0.25, 0.3) is 0 Å². The minimum atomic E-state index is -1.46. The van der Waals surface area contributed by atoms with Gasteiger partial charge < -0.3 is 37.0 Å². The molecule has 11 nitrogen and oxygen atoms in total. The minimum absolute atomic E-state index is 0.0426. The van der Waals surface area contributed by atoms with E-state index in [4.69, 9.17) is 5.73 Å². The normalized spacial score (nSPS) is 16.3. The Labute approximate surface area is 202 Å². The van der Waals surface area contributed by atoms with Crippen LogP contribution in [0, 0.1) is 0 Å². The molecule has 0 saturated heterocycles. The fraction of sp³-hybridized carbons (Fsp3) is 0.545. The van der Waals surface area contributed by atoms with Crippen LogP contribution in [0.15, 0.2) is 30.3 Å². The quantitative estimate of drug-likeness (QED) is 0.162. The summed E-state index contributed by atoms with van der Waals surface area (Å²) in [5.74, 6) is -3.14. The molecule has 1 aromatic carbocycles. The van der Waals surface area contributed by atoms with Crippen molar-refractivity contribution in [1.82, 2.24) is 16.0 Å². The van der Waals surface area contributed by atoms with E-state index in [0.29, 0.717) is 11.3 Å². The molecule has 6 atom stereocenters. The van der Waals surface area contributed by atoms with Gasteiger partial charge in [0, 0.05) is 6.42 Å². The van der Waals surface area contributed by atoms with Gasteiger partial charge >= 0.3 is 5.97 Å². The maximum Gasteiger partial charge on any atom is 0.326 e. The van der Waals surface area contributed by atoms with Crippen LogP contribution in [0.4, 0.5) is 0 Å². The summed E-state index contributed by atoms with van der Waals surface area (Å²) < 4.78 is 0. The van der Waals surface area contributed by atoms with Crippen molar-refractivity contribution in [2.45, 2.75) is 63.1 Å². The monoisotopic (exact) mass is 498 g/mol. The van der Waals surface area contributed by atoms with Gasteiger partial charge in [0.15, 0.2) is 0 Å². The van der Waals surface area contributed by atoms with Crippen molar-refractivity contribution in [2.24, 2.45) is 5.73 Å². The number of aliphatic hydroxyl groups is 2. The molecule has 8 N–H and O–H groups in total. The Balaban J connectivity index is 3.08. The molecule has 0 bridgehead atoms. The predicted molar refractivity (Wildman–Crippen MR) is 128 cm³/mol. The molecule has 0 aromatic heterocycles. The standard InChI is InChI=1S/C22H34N4O7S/c1-12(27)17(23)20(30)26-18(13(2)28)21(31)25-16(11-14-7-5-4-6-8-14)19(29)24-15(22(32)33)9-10-34-3/h4-8,12-13,15-18,27-28H,9-11,23H2,1-3H3,(H,24,29)(H,25,31)(H,26,30)(H,32,33). The summed E-state index contributed by atoms with van der Waals surface area (Å²) in [6.07, 6.45) is -0.492. The van der Waals surface area contributed by atoms with E-state index in [2.05, 4.69) is 16.0 Å². The number of hydrogen-bond donors (Lipinski definition) is 7. The summed E-state index contributed by atoms with van der Waals surface area (Å²) >= 11 is 1.43. The smallest absolute Gasteiger partial charge is 0.326 e. The summed E-state index contributed by atoms with van der Waals surface area (Å²) in [7, 11) is 0. The van der Waals surface area contributed by atoms with E-state index in [-0.39, 0.29) is 12.8 Å². The van der Waals surface area contributed by atoms with Gasteiger partial charge in [-0.3, -0.25) is 14.4 Å². The summed E-state index contributed by atoms with van der Waals surface area (Å²) in [6.45, 7) is 2.57. The first-order chi connectivity index (χ1) is 16.0. The maximum absolute atomic E-state index is 13.0. The number of carbonyl (C=O) groups is 4. The Hall–Kier alpha value is -2.67. The first-order valence-corrected chi connectivity index (χ1v) is 12.2. The Morgan fingerprint density at radius 1 is 0.912 bits per heavy atom. The third kappa shape index (κ3) is 9.67. The molecule has 190 valence electrons. The maximum atomic E-state index is 13.0. The fourth-order valence-electron chi connectivity index (χ4n) is 2.96. The highest BCUT2D eigenvalue weighted by Crippen LogP contribution is 2.07. The fourth-order valence-corrected chi connectivity index (χ4v) is 3.43. The number of benzene rings is 1. The summed E-state index contributed by atoms with van der Waals surface area (Å²) in [5.41, 5.74) is 6.29. The number of carboxylic acids is 1. The summed E-state index contributed by atoms with van der Waals surface area (Å²) in [5, 5.41) is 36.2. The Bertz CT molecular complexity index is 823. The zero-order valence-electron chi connectivity index (χ0n) is 19.4. The van der Waals surface area contributed by atoms with Crippen LogP contribution in [-0.4, -0.2) is 87.4 Å². The lowest BCUT2D eigenvalue weighted by atomic mass is 10.0. The molecule has 0 aliphatic rings. The molecule has 34 heavy (non-hydrogen) atoms. The molecule has 0 aliphatic heterocycles. The minimum Gasteiger partial charge on any atom is -0.480 e. The highest BCUT2D eigenvalue weighted by atomic mass is 32.2. The first kappa shape index (κ1) is 29.4. The van der Waals surface area contributed by atoms with Gasteiger partial charge in [0.2, 0.25) is 17.7 Å². The molecule has 0 fully saturated rings. The Kier molecular flexibility index (Phi) is 12.6. The van der Waals surface area contributed by atoms with Crippen molar-refractivity contribution in [3.63, 3.8) is 0 Å². The summed E-state index contributed by atoms with van der Waals surface area (Å²) in [6, 6.07) is 3.64. The molecule has 3 amide bonds. The van der Waals surface area contributed by atoms with Gasteiger partial charge in [-0.15, -0.1) is 0 Å². The van der Waals surface area contributed by atoms with Crippen molar-refractivity contribution in [3.05, 3.63) is 35.9 Å². The van der Waals surface area contributed by atoms with Crippen LogP contribution < -0.4 is 21.7 Å². The average Bonchev–Trinajstić information content (AvgIpc) is 2.78. The average molecular weight is 499 g/mol. The van der Waals surface area contributed by atoms with Gasteiger partial charge in [-0.2, -0.15) is 11.8 Å². The number of aliphatic carboxylic acids is 1. The Morgan fingerprint density at radius 2 is 1.50 bits per heavy atom. The van der Waals surface area contributed by atoms with Gasteiger partial charge in [0.05, 0.1) is 12.2 Å². The van der Waals surface area contributed by atoms with E-state index in [1.165, 1.54) is 25.6 Å². The predicted octanol–water partition coefficient (Wildman–Crippen LogP) is -1.39. The number of carbonyl (C=O) groups excluding carboxylic acids is 3. The molecular weight excluding hydrogens is 464 g/mol. The van der Waals surface area contributed by atoms with Crippen LogP contribution in [0.25, 0.3) is 0 Å². The van der Waals surface area contributed by atoms with Crippen molar-refractivity contribution >= 4 is 35.5 Å². The van der Waals surface area contributed by atoms with E-state index in [1.807, 2.05) is 6.26 Å². The lowest BCUT2D eigenvalue weighted by Gasteiger charge is -2.27. The van der Waals surface area contributed by atoms with E-state index >= 15 is 0 Å². The number of rotatable bonds is 14. The van der Waals surface area contributed by atoms with E-state index in [9.17, 15) is 34.5 Å². The van der Waals surface area contributed by atoms with Crippen LogP contribution in [0.1, 0.15) is 25.8 Å². The Morgan fingerprint density at radius 3 is 2.00 bits per heavy atom. The van der Waals surface area contributed by atoms with Crippen LogP contribution in [-0.2, 0) is 25.6 Å². The molecule has 1 rings (SSSR count).